The average molecular weight is 386 g/mol. The van der Waals surface area contributed by atoms with Crippen molar-refractivity contribution in [2.75, 3.05) is 37.7 Å². The summed E-state index contributed by atoms with van der Waals surface area (Å²) < 4.78 is 13.5. The number of aliphatic hydroxyl groups excluding tert-OH is 1. The summed E-state index contributed by atoms with van der Waals surface area (Å²) in [4.78, 5) is 17.9. The first kappa shape index (κ1) is 18.9. The molecule has 2 atom stereocenters. The third-order valence-corrected chi connectivity index (χ3v) is 5.10. The van der Waals surface area contributed by atoms with Crippen LogP contribution in [-0.2, 0) is 11.3 Å². The third-order valence-electron chi connectivity index (χ3n) is 5.10. The van der Waals surface area contributed by atoms with E-state index in [9.17, 15) is 5.11 Å². The third kappa shape index (κ3) is 3.60. The van der Waals surface area contributed by atoms with Gasteiger partial charge in [0.25, 0.3) is 0 Å². The molecule has 0 spiro atoms. The molecule has 1 fully saturated rings. The fourth-order valence-corrected chi connectivity index (χ4v) is 3.70. The summed E-state index contributed by atoms with van der Waals surface area (Å²) in [5, 5.41) is 9.71. The van der Waals surface area contributed by atoms with Crippen LogP contribution in [0.1, 0.15) is 25.8 Å². The van der Waals surface area contributed by atoms with Crippen LogP contribution in [0.4, 0.5) is 5.82 Å². The van der Waals surface area contributed by atoms with E-state index in [1.165, 1.54) is 0 Å². The standard InChI is InChI=1S/C19H26N6O3/c1-3-24(4-2)18-17-19(21-12-20-18)25(13-22-17)16-10-23(9-15(11-26)28-16)8-14-6-5-7-27-14/h5-7,12-13,15-16,26H,3-4,8-11H2,1-2H3/t15-,16+/m0/s1. The molecule has 9 heteroatoms. The Labute approximate surface area is 163 Å². The Balaban J connectivity index is 1.63. The van der Waals surface area contributed by atoms with E-state index in [0.29, 0.717) is 19.6 Å². The molecule has 0 radical (unpaired) electrons. The molecule has 1 N–H and O–H groups in total. The second kappa shape index (κ2) is 8.26. The van der Waals surface area contributed by atoms with E-state index in [-0.39, 0.29) is 18.9 Å². The molecule has 1 saturated heterocycles. The number of anilines is 1. The first-order chi connectivity index (χ1) is 13.7. The molecule has 4 heterocycles. The number of hydrogen-bond acceptors (Lipinski definition) is 8. The Morgan fingerprint density at radius 1 is 1.21 bits per heavy atom. The quantitative estimate of drug-likeness (QED) is 0.655. The SMILES string of the molecule is CCN(CC)c1ncnc2c1ncn2[C@H]1CN(Cc2ccco2)C[C@@H](CO)O1. The van der Waals surface area contributed by atoms with Crippen LogP contribution >= 0.6 is 0 Å². The number of nitrogens with zero attached hydrogens (tertiary/aromatic N) is 6. The van der Waals surface area contributed by atoms with Crippen LogP contribution in [-0.4, -0.2) is 68.4 Å². The van der Waals surface area contributed by atoms with Crippen LogP contribution in [0.2, 0.25) is 0 Å². The molecule has 0 amide bonds. The van der Waals surface area contributed by atoms with Gasteiger partial charge in [0, 0.05) is 26.2 Å². The first-order valence-corrected chi connectivity index (χ1v) is 9.67. The molecule has 1 aliphatic heterocycles. The zero-order valence-electron chi connectivity index (χ0n) is 16.2. The normalized spacial score (nSPS) is 20.7. The number of aliphatic hydroxyl groups is 1. The largest absolute Gasteiger partial charge is 0.468 e. The van der Waals surface area contributed by atoms with Gasteiger partial charge in [0.15, 0.2) is 17.0 Å². The number of morpholine rings is 1. The van der Waals surface area contributed by atoms with Crippen molar-refractivity contribution in [1.29, 1.82) is 0 Å². The summed E-state index contributed by atoms with van der Waals surface area (Å²) in [5.74, 6) is 1.72. The highest BCUT2D eigenvalue weighted by Crippen LogP contribution is 2.27. The van der Waals surface area contributed by atoms with Crippen molar-refractivity contribution in [3.63, 3.8) is 0 Å². The summed E-state index contributed by atoms with van der Waals surface area (Å²) >= 11 is 0. The van der Waals surface area contributed by atoms with Crippen molar-refractivity contribution in [3.8, 4) is 0 Å². The summed E-state index contributed by atoms with van der Waals surface area (Å²) in [6.07, 6.45) is 4.41. The van der Waals surface area contributed by atoms with Gasteiger partial charge in [-0.05, 0) is 26.0 Å². The molecule has 9 nitrogen and oxygen atoms in total. The van der Waals surface area contributed by atoms with Crippen molar-refractivity contribution < 1.29 is 14.3 Å². The lowest BCUT2D eigenvalue weighted by Crippen LogP contribution is -2.46. The Hall–Kier alpha value is -2.49. The molecule has 28 heavy (non-hydrogen) atoms. The monoisotopic (exact) mass is 386 g/mol. The van der Waals surface area contributed by atoms with Gasteiger partial charge in [-0.15, -0.1) is 0 Å². The van der Waals surface area contributed by atoms with Gasteiger partial charge in [0.2, 0.25) is 0 Å². The second-order valence-electron chi connectivity index (χ2n) is 6.86. The Bertz CT molecular complexity index is 892. The average Bonchev–Trinajstić information content (AvgIpc) is 3.38. The molecule has 150 valence electrons. The Morgan fingerprint density at radius 2 is 2.07 bits per heavy atom. The van der Waals surface area contributed by atoms with Crippen LogP contribution < -0.4 is 4.90 Å². The van der Waals surface area contributed by atoms with E-state index in [1.54, 1.807) is 18.9 Å². The van der Waals surface area contributed by atoms with E-state index >= 15 is 0 Å². The second-order valence-corrected chi connectivity index (χ2v) is 6.86. The highest BCUT2D eigenvalue weighted by Gasteiger charge is 2.30. The van der Waals surface area contributed by atoms with Crippen molar-refractivity contribution in [1.82, 2.24) is 24.4 Å². The van der Waals surface area contributed by atoms with Crippen LogP contribution in [0, 0.1) is 0 Å². The lowest BCUT2D eigenvalue weighted by molar-refractivity contribution is -0.136. The van der Waals surface area contributed by atoms with Gasteiger partial charge in [0.05, 0.1) is 31.8 Å². The molecule has 3 aromatic rings. The minimum atomic E-state index is -0.301. The predicted octanol–water partition coefficient (Wildman–Crippen LogP) is 1.66. The Morgan fingerprint density at radius 3 is 2.79 bits per heavy atom. The van der Waals surface area contributed by atoms with E-state index in [4.69, 9.17) is 9.15 Å². The molecule has 1 aliphatic rings. The molecule has 0 aliphatic carbocycles. The molecule has 0 saturated carbocycles. The van der Waals surface area contributed by atoms with Gasteiger partial charge in [-0.25, -0.2) is 15.0 Å². The van der Waals surface area contributed by atoms with E-state index in [2.05, 4.69) is 38.6 Å². The van der Waals surface area contributed by atoms with Crippen molar-refractivity contribution >= 4 is 17.0 Å². The molecular formula is C19H26N6O3. The number of imidazole rings is 1. The maximum atomic E-state index is 9.71. The fraction of sp³-hybridized carbons (Fsp3) is 0.526. The smallest absolute Gasteiger partial charge is 0.167 e. The number of fused-ring (bicyclic) bond motifs is 1. The van der Waals surface area contributed by atoms with Crippen molar-refractivity contribution in [2.45, 2.75) is 32.7 Å². The van der Waals surface area contributed by atoms with Gasteiger partial charge in [0.1, 0.15) is 18.3 Å². The lowest BCUT2D eigenvalue weighted by Gasteiger charge is -2.37. The predicted molar refractivity (Wildman–Crippen MR) is 104 cm³/mol. The van der Waals surface area contributed by atoms with Gasteiger partial charge in [-0.1, -0.05) is 0 Å². The van der Waals surface area contributed by atoms with Crippen LogP contribution in [0.3, 0.4) is 0 Å². The number of rotatable bonds is 7. The molecule has 0 bridgehead atoms. The number of furan rings is 1. The zero-order chi connectivity index (χ0) is 19.5. The van der Waals surface area contributed by atoms with Crippen LogP contribution in [0.5, 0.6) is 0 Å². The minimum absolute atomic E-state index is 0.0442. The summed E-state index contributed by atoms with van der Waals surface area (Å²) in [7, 11) is 0. The molecule has 4 rings (SSSR count). The summed E-state index contributed by atoms with van der Waals surface area (Å²) in [5.41, 5.74) is 1.50. The fourth-order valence-electron chi connectivity index (χ4n) is 3.70. The number of hydrogen-bond donors (Lipinski definition) is 1. The van der Waals surface area contributed by atoms with E-state index in [0.717, 1.165) is 35.8 Å². The maximum absolute atomic E-state index is 9.71. The minimum Gasteiger partial charge on any atom is -0.468 e. The van der Waals surface area contributed by atoms with E-state index < -0.39 is 0 Å². The summed E-state index contributed by atoms with van der Waals surface area (Å²) in [6, 6.07) is 3.83. The van der Waals surface area contributed by atoms with Crippen LogP contribution in [0.15, 0.2) is 35.5 Å². The maximum Gasteiger partial charge on any atom is 0.167 e. The molecular weight excluding hydrogens is 360 g/mol. The highest BCUT2D eigenvalue weighted by atomic mass is 16.5. The van der Waals surface area contributed by atoms with Crippen molar-refractivity contribution in [3.05, 3.63) is 36.8 Å². The van der Waals surface area contributed by atoms with Gasteiger partial charge in [-0.3, -0.25) is 9.47 Å². The number of ether oxygens (including phenoxy) is 1. The van der Waals surface area contributed by atoms with E-state index in [1.807, 2.05) is 16.7 Å². The van der Waals surface area contributed by atoms with Gasteiger partial charge < -0.3 is 19.2 Å². The van der Waals surface area contributed by atoms with Gasteiger partial charge in [-0.2, -0.15) is 0 Å². The van der Waals surface area contributed by atoms with Crippen LogP contribution in [0.25, 0.3) is 11.2 Å². The zero-order valence-corrected chi connectivity index (χ0v) is 16.2. The molecule has 0 unspecified atom stereocenters. The first-order valence-electron chi connectivity index (χ1n) is 9.67. The molecule has 0 aromatic carbocycles. The number of aromatic nitrogens is 4. The highest BCUT2D eigenvalue weighted by molar-refractivity contribution is 5.83. The summed E-state index contributed by atoms with van der Waals surface area (Å²) in [6.45, 7) is 7.78. The Kier molecular flexibility index (Phi) is 5.56. The topological polar surface area (TPSA) is 92.7 Å². The van der Waals surface area contributed by atoms with Crippen molar-refractivity contribution in [2.24, 2.45) is 0 Å². The molecule has 3 aromatic heterocycles. The van der Waals surface area contributed by atoms with Gasteiger partial charge >= 0.3 is 0 Å². The lowest BCUT2D eigenvalue weighted by atomic mass is 10.2.